The predicted molar refractivity (Wildman–Crippen MR) is 107 cm³/mol. The van der Waals surface area contributed by atoms with Crippen molar-refractivity contribution in [2.45, 2.75) is 17.6 Å². The predicted octanol–water partition coefficient (Wildman–Crippen LogP) is 1.10. The van der Waals surface area contributed by atoms with Crippen LogP contribution in [0.2, 0.25) is 0 Å². The fraction of sp³-hybridized carbons (Fsp3) is 0.389. The molecular formula is C18H22N8OS. The summed E-state index contributed by atoms with van der Waals surface area (Å²) in [7, 11) is 3.80. The van der Waals surface area contributed by atoms with Crippen LogP contribution in [0.4, 0.5) is 5.95 Å². The maximum atomic E-state index is 12.3. The number of anilines is 1. The number of hydrogen-bond donors (Lipinski definition) is 1. The van der Waals surface area contributed by atoms with Crippen molar-refractivity contribution in [2.75, 3.05) is 23.7 Å². The third-order valence-corrected chi connectivity index (χ3v) is 5.65. The SMILES string of the molecule is Cn1cc(-c2ccnc(N3CCC(NC(=O)CSc4nccn4C)C3)n2)cn1. The molecule has 3 aromatic rings. The number of nitrogens with zero attached hydrogens (tertiary/aromatic N) is 7. The van der Waals surface area contributed by atoms with Gasteiger partial charge in [0.15, 0.2) is 5.16 Å². The zero-order valence-corrected chi connectivity index (χ0v) is 16.6. The Morgan fingerprint density at radius 1 is 1.32 bits per heavy atom. The van der Waals surface area contributed by atoms with Crippen LogP contribution in [-0.4, -0.2) is 60.1 Å². The maximum Gasteiger partial charge on any atom is 0.230 e. The number of nitrogens with one attached hydrogen (secondary N) is 1. The third-order valence-electron chi connectivity index (χ3n) is 4.59. The minimum atomic E-state index is 0.0184. The molecule has 1 amide bonds. The zero-order valence-electron chi connectivity index (χ0n) is 15.8. The molecule has 1 N–H and O–H groups in total. The molecule has 4 rings (SSSR count). The molecule has 1 saturated heterocycles. The van der Waals surface area contributed by atoms with Gasteiger partial charge >= 0.3 is 0 Å². The van der Waals surface area contributed by atoms with Gasteiger partial charge in [-0.1, -0.05) is 11.8 Å². The number of thioether (sulfide) groups is 1. The summed E-state index contributed by atoms with van der Waals surface area (Å²) in [5.74, 6) is 1.05. The van der Waals surface area contributed by atoms with E-state index in [9.17, 15) is 4.79 Å². The maximum absolute atomic E-state index is 12.3. The van der Waals surface area contributed by atoms with Gasteiger partial charge in [0, 0.05) is 63.6 Å². The highest BCUT2D eigenvalue weighted by Gasteiger charge is 2.26. The Labute approximate surface area is 167 Å². The van der Waals surface area contributed by atoms with Crippen LogP contribution >= 0.6 is 11.8 Å². The van der Waals surface area contributed by atoms with Crippen molar-refractivity contribution < 1.29 is 4.79 Å². The Balaban J connectivity index is 1.33. The quantitative estimate of drug-likeness (QED) is 0.622. The standard InChI is InChI=1S/C18H22N8OS/c1-24-8-6-20-18(24)28-12-16(27)22-14-4-7-26(11-14)17-19-5-3-15(23-17)13-9-21-25(2)10-13/h3,5-6,8-10,14H,4,7,11-12H2,1-2H3,(H,22,27). The molecule has 0 radical (unpaired) electrons. The van der Waals surface area contributed by atoms with Crippen LogP contribution in [0.15, 0.2) is 42.2 Å². The number of hydrogen-bond acceptors (Lipinski definition) is 7. The summed E-state index contributed by atoms with van der Waals surface area (Å²) >= 11 is 1.44. The summed E-state index contributed by atoms with van der Waals surface area (Å²) < 4.78 is 3.66. The van der Waals surface area contributed by atoms with Gasteiger partial charge < -0.3 is 14.8 Å². The lowest BCUT2D eigenvalue weighted by Gasteiger charge is -2.17. The molecule has 1 aliphatic heterocycles. The number of carbonyl (C=O) groups excluding carboxylic acids is 1. The number of rotatable bonds is 6. The van der Waals surface area contributed by atoms with Gasteiger partial charge in [-0.25, -0.2) is 15.0 Å². The average molecular weight is 398 g/mol. The molecule has 9 nitrogen and oxygen atoms in total. The Kier molecular flexibility index (Phi) is 5.29. The average Bonchev–Trinajstić information content (AvgIpc) is 3.42. The molecule has 1 aliphatic rings. The lowest BCUT2D eigenvalue weighted by Crippen LogP contribution is -2.38. The van der Waals surface area contributed by atoms with Crippen LogP contribution in [0.3, 0.4) is 0 Å². The van der Waals surface area contributed by atoms with Gasteiger partial charge in [0.2, 0.25) is 11.9 Å². The van der Waals surface area contributed by atoms with Crippen LogP contribution < -0.4 is 10.2 Å². The van der Waals surface area contributed by atoms with Gasteiger partial charge in [-0.2, -0.15) is 5.10 Å². The fourth-order valence-corrected chi connectivity index (χ4v) is 3.91. The first-order chi connectivity index (χ1) is 13.6. The summed E-state index contributed by atoms with van der Waals surface area (Å²) in [5.41, 5.74) is 1.80. The monoisotopic (exact) mass is 398 g/mol. The lowest BCUT2D eigenvalue weighted by atomic mass is 10.2. The van der Waals surface area contributed by atoms with Crippen LogP contribution in [0, 0.1) is 0 Å². The number of imidazole rings is 1. The van der Waals surface area contributed by atoms with Crippen LogP contribution in [0.5, 0.6) is 0 Å². The summed E-state index contributed by atoms with van der Waals surface area (Å²) in [6.45, 7) is 1.52. The molecule has 10 heteroatoms. The van der Waals surface area contributed by atoms with E-state index in [1.165, 1.54) is 11.8 Å². The smallest absolute Gasteiger partial charge is 0.230 e. The van der Waals surface area contributed by atoms with Crippen molar-refractivity contribution in [1.82, 2.24) is 34.6 Å². The molecule has 0 bridgehead atoms. The van der Waals surface area contributed by atoms with Gasteiger partial charge in [-0.3, -0.25) is 9.48 Å². The topological polar surface area (TPSA) is 93.8 Å². The minimum Gasteiger partial charge on any atom is -0.351 e. The fourth-order valence-electron chi connectivity index (χ4n) is 3.17. The molecule has 0 spiro atoms. The first-order valence-electron chi connectivity index (χ1n) is 9.05. The van der Waals surface area contributed by atoms with E-state index in [2.05, 4.69) is 30.3 Å². The van der Waals surface area contributed by atoms with E-state index in [0.29, 0.717) is 18.2 Å². The zero-order chi connectivity index (χ0) is 19.5. The van der Waals surface area contributed by atoms with Crippen molar-refractivity contribution in [3.05, 3.63) is 37.1 Å². The molecular weight excluding hydrogens is 376 g/mol. The molecule has 0 aromatic carbocycles. The normalized spacial score (nSPS) is 16.5. The van der Waals surface area contributed by atoms with Crippen LogP contribution in [-0.2, 0) is 18.9 Å². The van der Waals surface area contributed by atoms with E-state index in [0.717, 1.165) is 29.4 Å². The summed E-state index contributed by atoms with van der Waals surface area (Å²) in [6.07, 6.45) is 9.96. The second-order valence-corrected chi connectivity index (χ2v) is 7.70. The Morgan fingerprint density at radius 2 is 2.21 bits per heavy atom. The van der Waals surface area contributed by atoms with E-state index >= 15 is 0 Å². The summed E-state index contributed by atoms with van der Waals surface area (Å²) in [4.78, 5) is 27.7. The third kappa shape index (κ3) is 4.16. The largest absolute Gasteiger partial charge is 0.351 e. The minimum absolute atomic E-state index is 0.0184. The highest BCUT2D eigenvalue weighted by Crippen LogP contribution is 2.21. The molecule has 1 unspecified atom stereocenters. The molecule has 28 heavy (non-hydrogen) atoms. The second kappa shape index (κ2) is 8.01. The lowest BCUT2D eigenvalue weighted by molar-refractivity contribution is -0.119. The van der Waals surface area contributed by atoms with Crippen LogP contribution in [0.1, 0.15) is 6.42 Å². The summed E-state index contributed by atoms with van der Waals surface area (Å²) in [5, 5.41) is 8.13. The number of aromatic nitrogens is 6. The first kappa shape index (κ1) is 18.5. The Morgan fingerprint density at radius 3 is 2.96 bits per heavy atom. The highest BCUT2D eigenvalue weighted by atomic mass is 32.2. The number of amides is 1. The molecule has 1 atom stereocenters. The van der Waals surface area contributed by atoms with Gasteiger partial charge in [-0.15, -0.1) is 0 Å². The first-order valence-corrected chi connectivity index (χ1v) is 10.0. The molecule has 4 heterocycles. The van der Waals surface area contributed by atoms with Gasteiger partial charge in [0.05, 0.1) is 17.6 Å². The molecule has 1 fully saturated rings. The van der Waals surface area contributed by atoms with Gasteiger partial charge in [0.1, 0.15) is 0 Å². The summed E-state index contributed by atoms with van der Waals surface area (Å²) in [6, 6.07) is 1.98. The van der Waals surface area contributed by atoms with Crippen molar-refractivity contribution in [2.24, 2.45) is 14.1 Å². The van der Waals surface area contributed by atoms with E-state index in [1.807, 2.05) is 37.1 Å². The Hall–Kier alpha value is -2.88. The highest BCUT2D eigenvalue weighted by molar-refractivity contribution is 7.99. The van der Waals surface area contributed by atoms with E-state index in [1.54, 1.807) is 23.3 Å². The van der Waals surface area contributed by atoms with Crippen molar-refractivity contribution in [1.29, 1.82) is 0 Å². The van der Waals surface area contributed by atoms with E-state index < -0.39 is 0 Å². The van der Waals surface area contributed by atoms with Gasteiger partial charge in [0.25, 0.3) is 0 Å². The second-order valence-electron chi connectivity index (χ2n) is 6.75. The van der Waals surface area contributed by atoms with Crippen molar-refractivity contribution in [3.63, 3.8) is 0 Å². The Bertz CT molecular complexity index is 968. The molecule has 0 aliphatic carbocycles. The molecule has 0 saturated carbocycles. The molecule has 3 aromatic heterocycles. The number of carbonyl (C=O) groups is 1. The van der Waals surface area contributed by atoms with E-state index in [-0.39, 0.29) is 11.9 Å². The van der Waals surface area contributed by atoms with E-state index in [4.69, 9.17) is 0 Å². The van der Waals surface area contributed by atoms with Gasteiger partial charge in [-0.05, 0) is 12.5 Å². The van der Waals surface area contributed by atoms with Crippen LogP contribution in [0.25, 0.3) is 11.3 Å². The molecule has 146 valence electrons. The van der Waals surface area contributed by atoms with Crippen molar-refractivity contribution >= 4 is 23.6 Å². The number of aryl methyl sites for hydroxylation is 2. The van der Waals surface area contributed by atoms with Crippen molar-refractivity contribution in [3.8, 4) is 11.3 Å².